The van der Waals surface area contributed by atoms with Crippen molar-refractivity contribution in [3.8, 4) is 0 Å². The van der Waals surface area contributed by atoms with Gasteiger partial charge in [0.25, 0.3) is 5.69 Å². The molecule has 0 saturated carbocycles. The van der Waals surface area contributed by atoms with Crippen LogP contribution in [0.1, 0.15) is 30.5 Å². The Hall–Kier alpha value is -1.72. The maximum atomic E-state index is 11.1. The maximum absolute atomic E-state index is 11.1. The second kappa shape index (κ2) is 7.33. The summed E-state index contributed by atoms with van der Waals surface area (Å²) in [5.41, 5.74) is 2.02. The van der Waals surface area contributed by atoms with Crippen LogP contribution in [0.25, 0.3) is 0 Å². The number of hydrogen-bond donors (Lipinski definition) is 1. The number of nitrogens with one attached hydrogen (secondary N) is 1. The summed E-state index contributed by atoms with van der Waals surface area (Å²) < 4.78 is 0.845. The van der Waals surface area contributed by atoms with Crippen LogP contribution in [-0.2, 0) is 6.54 Å². The molecule has 1 atom stereocenters. The van der Waals surface area contributed by atoms with Crippen LogP contribution in [0.2, 0.25) is 0 Å². The van der Waals surface area contributed by atoms with E-state index < -0.39 is 0 Å². The molecule has 0 fully saturated rings. The lowest BCUT2D eigenvalue weighted by Gasteiger charge is -2.17. The van der Waals surface area contributed by atoms with Crippen molar-refractivity contribution in [2.24, 2.45) is 0 Å². The third-order valence-electron chi connectivity index (χ3n) is 3.39. The first-order valence-corrected chi connectivity index (χ1v) is 7.62. The minimum atomic E-state index is -0.340. The number of rotatable bonds is 6. The van der Waals surface area contributed by atoms with Crippen molar-refractivity contribution in [1.82, 2.24) is 5.32 Å². The van der Waals surface area contributed by atoms with E-state index in [1.165, 1.54) is 11.6 Å². The van der Waals surface area contributed by atoms with Crippen LogP contribution in [0, 0.1) is 10.1 Å². The summed E-state index contributed by atoms with van der Waals surface area (Å²) in [6.07, 6.45) is 0.922. The molecule has 110 valence electrons. The Bertz CT molecular complexity index is 617. The second-order valence-electron chi connectivity index (χ2n) is 4.78. The third-order valence-corrected chi connectivity index (χ3v) is 3.88. The lowest BCUT2D eigenvalue weighted by atomic mass is 10.0. The monoisotopic (exact) mass is 348 g/mol. The maximum Gasteiger partial charge on any atom is 0.273 e. The lowest BCUT2D eigenvalue weighted by Crippen LogP contribution is -2.20. The Labute approximate surface area is 132 Å². The molecule has 0 bridgehead atoms. The highest BCUT2D eigenvalue weighted by Gasteiger charge is 2.15. The van der Waals surface area contributed by atoms with Crippen molar-refractivity contribution in [2.75, 3.05) is 0 Å². The number of nitrogens with zero attached hydrogens (tertiary/aromatic N) is 1. The third kappa shape index (κ3) is 4.12. The van der Waals surface area contributed by atoms with E-state index in [2.05, 4.69) is 40.3 Å². The van der Waals surface area contributed by atoms with Gasteiger partial charge in [0.1, 0.15) is 0 Å². The Morgan fingerprint density at radius 2 is 1.95 bits per heavy atom. The molecule has 5 heteroatoms. The van der Waals surface area contributed by atoms with Crippen LogP contribution in [0.5, 0.6) is 0 Å². The van der Waals surface area contributed by atoms with E-state index in [9.17, 15) is 10.1 Å². The second-order valence-corrected chi connectivity index (χ2v) is 5.70. The summed E-state index contributed by atoms with van der Waals surface area (Å²) in [5.74, 6) is 0. The van der Waals surface area contributed by atoms with E-state index in [1.807, 2.05) is 18.2 Å². The van der Waals surface area contributed by atoms with Gasteiger partial charge < -0.3 is 5.32 Å². The summed E-state index contributed by atoms with van der Waals surface area (Å²) in [6.45, 7) is 2.56. The smallest absolute Gasteiger partial charge is 0.273 e. The van der Waals surface area contributed by atoms with Gasteiger partial charge in [-0.2, -0.15) is 0 Å². The van der Waals surface area contributed by atoms with E-state index in [0.29, 0.717) is 12.1 Å². The van der Waals surface area contributed by atoms with Crippen molar-refractivity contribution in [3.05, 3.63) is 74.2 Å². The molecule has 21 heavy (non-hydrogen) atoms. The van der Waals surface area contributed by atoms with Gasteiger partial charge in [-0.1, -0.05) is 53.2 Å². The fraction of sp³-hybridized carbons (Fsp3) is 0.250. The molecule has 2 aromatic carbocycles. The Balaban J connectivity index is 2.15. The van der Waals surface area contributed by atoms with Crippen molar-refractivity contribution in [3.63, 3.8) is 0 Å². The lowest BCUT2D eigenvalue weighted by molar-refractivity contribution is -0.385. The predicted octanol–water partition coefficient (Wildman–Crippen LogP) is 4.60. The largest absolute Gasteiger partial charge is 0.306 e. The number of benzene rings is 2. The van der Waals surface area contributed by atoms with Crippen LogP contribution in [0.15, 0.2) is 53.0 Å². The van der Waals surface area contributed by atoms with E-state index in [1.54, 1.807) is 12.1 Å². The highest BCUT2D eigenvalue weighted by Crippen LogP contribution is 2.24. The molecule has 2 rings (SSSR count). The minimum Gasteiger partial charge on any atom is -0.306 e. The molecule has 0 aliphatic rings. The van der Waals surface area contributed by atoms with Gasteiger partial charge in [0.15, 0.2) is 0 Å². The fourth-order valence-electron chi connectivity index (χ4n) is 2.29. The van der Waals surface area contributed by atoms with Crippen molar-refractivity contribution in [2.45, 2.75) is 25.9 Å². The molecule has 1 N–H and O–H groups in total. The molecule has 0 aliphatic heterocycles. The van der Waals surface area contributed by atoms with Gasteiger partial charge in [0.2, 0.25) is 0 Å². The van der Waals surface area contributed by atoms with E-state index in [0.717, 1.165) is 10.9 Å². The average molecular weight is 349 g/mol. The normalized spacial score (nSPS) is 12.1. The van der Waals surface area contributed by atoms with Gasteiger partial charge in [-0.3, -0.25) is 10.1 Å². The van der Waals surface area contributed by atoms with Gasteiger partial charge in [-0.25, -0.2) is 0 Å². The van der Waals surface area contributed by atoms with Crippen molar-refractivity contribution >= 4 is 21.6 Å². The molecular weight excluding hydrogens is 332 g/mol. The Morgan fingerprint density at radius 1 is 1.24 bits per heavy atom. The predicted molar refractivity (Wildman–Crippen MR) is 87.1 cm³/mol. The van der Waals surface area contributed by atoms with Crippen LogP contribution in [0.4, 0.5) is 5.69 Å². The van der Waals surface area contributed by atoms with Gasteiger partial charge in [0, 0.05) is 28.7 Å². The average Bonchev–Trinajstić information content (AvgIpc) is 2.48. The molecule has 0 saturated heterocycles. The van der Waals surface area contributed by atoms with Crippen LogP contribution >= 0.6 is 15.9 Å². The van der Waals surface area contributed by atoms with Crippen LogP contribution in [-0.4, -0.2) is 4.92 Å². The number of halogens is 1. The summed E-state index contributed by atoms with van der Waals surface area (Å²) >= 11 is 3.36. The summed E-state index contributed by atoms with van der Waals surface area (Å²) in [6, 6.07) is 15.3. The summed E-state index contributed by atoms with van der Waals surface area (Å²) in [4.78, 5) is 10.7. The first-order chi connectivity index (χ1) is 10.1. The molecule has 0 heterocycles. The van der Waals surface area contributed by atoms with Gasteiger partial charge in [0.05, 0.1) is 4.92 Å². The highest BCUT2D eigenvalue weighted by molar-refractivity contribution is 9.10. The number of hydrogen-bond acceptors (Lipinski definition) is 3. The number of nitro groups is 1. The highest BCUT2D eigenvalue weighted by atomic mass is 79.9. The molecule has 0 amide bonds. The SMILES string of the molecule is CCC(NCc1cc(Br)ccc1[N+](=O)[O-])c1ccccc1. The topological polar surface area (TPSA) is 55.2 Å². The van der Waals surface area contributed by atoms with Gasteiger partial charge in [-0.05, 0) is 24.1 Å². The van der Waals surface area contributed by atoms with E-state index >= 15 is 0 Å². The van der Waals surface area contributed by atoms with E-state index in [-0.39, 0.29) is 16.7 Å². The molecule has 0 aromatic heterocycles. The molecule has 2 aromatic rings. The molecule has 1 unspecified atom stereocenters. The minimum absolute atomic E-state index is 0.147. The van der Waals surface area contributed by atoms with Gasteiger partial charge in [-0.15, -0.1) is 0 Å². The van der Waals surface area contributed by atoms with Crippen LogP contribution < -0.4 is 5.32 Å². The molecule has 0 radical (unpaired) electrons. The summed E-state index contributed by atoms with van der Waals surface area (Å²) in [5, 5.41) is 14.5. The Morgan fingerprint density at radius 3 is 2.57 bits per heavy atom. The zero-order valence-corrected chi connectivity index (χ0v) is 13.3. The molecule has 4 nitrogen and oxygen atoms in total. The standard InChI is InChI=1S/C16H17BrN2O2/c1-2-15(12-6-4-3-5-7-12)18-11-13-10-14(17)8-9-16(13)19(20)21/h3-10,15,18H,2,11H2,1H3. The molecular formula is C16H17BrN2O2. The number of nitro benzene ring substituents is 1. The zero-order chi connectivity index (χ0) is 15.2. The summed E-state index contributed by atoms with van der Waals surface area (Å²) in [7, 11) is 0. The first kappa shape index (κ1) is 15.7. The molecule has 0 spiro atoms. The van der Waals surface area contributed by atoms with Crippen molar-refractivity contribution < 1.29 is 4.92 Å². The first-order valence-electron chi connectivity index (χ1n) is 6.83. The zero-order valence-electron chi connectivity index (χ0n) is 11.8. The Kier molecular flexibility index (Phi) is 5.47. The van der Waals surface area contributed by atoms with Gasteiger partial charge >= 0.3 is 0 Å². The van der Waals surface area contributed by atoms with Crippen LogP contribution in [0.3, 0.4) is 0 Å². The van der Waals surface area contributed by atoms with Crippen molar-refractivity contribution in [1.29, 1.82) is 0 Å². The quantitative estimate of drug-likeness (QED) is 0.613. The fourth-order valence-corrected chi connectivity index (χ4v) is 2.70. The molecule has 0 aliphatic carbocycles. The van der Waals surface area contributed by atoms with E-state index in [4.69, 9.17) is 0 Å².